The van der Waals surface area contributed by atoms with Crippen LogP contribution < -0.4 is 0 Å². The number of aryl methyl sites for hydroxylation is 1. The fraction of sp³-hybridized carbons (Fsp3) is 0.308. The summed E-state index contributed by atoms with van der Waals surface area (Å²) >= 11 is 0. The molecular weight excluding hydrogens is 217 g/mol. The van der Waals surface area contributed by atoms with Crippen LogP contribution in [0.3, 0.4) is 0 Å². The Labute approximate surface area is 99.8 Å². The first-order valence-electron chi connectivity index (χ1n) is 5.53. The predicted molar refractivity (Wildman–Crippen MR) is 64.0 cm³/mol. The summed E-state index contributed by atoms with van der Waals surface area (Å²) in [6, 6.07) is 3.89. The molecule has 2 rings (SSSR count). The molecule has 2 aromatic heterocycles. The molecule has 17 heavy (non-hydrogen) atoms. The van der Waals surface area contributed by atoms with Crippen molar-refractivity contribution < 1.29 is 4.39 Å². The van der Waals surface area contributed by atoms with Crippen molar-refractivity contribution in [2.24, 2.45) is 0 Å². The second kappa shape index (κ2) is 4.57. The molecule has 0 saturated heterocycles. The molecule has 0 spiro atoms. The maximum absolute atomic E-state index is 12.7. The zero-order valence-electron chi connectivity index (χ0n) is 10.1. The Bertz CT molecular complexity index is 521. The minimum atomic E-state index is -0.440. The Balaban J connectivity index is 2.41. The molecule has 0 aliphatic carbocycles. The van der Waals surface area contributed by atoms with E-state index in [-0.39, 0.29) is 0 Å². The Morgan fingerprint density at radius 3 is 2.29 bits per heavy atom. The van der Waals surface area contributed by atoms with E-state index in [0.717, 1.165) is 18.1 Å². The van der Waals surface area contributed by atoms with Gasteiger partial charge in [0.1, 0.15) is 5.69 Å². The fourth-order valence-corrected chi connectivity index (χ4v) is 1.75. The minimum Gasteiger partial charge on any atom is -0.249 e. The van der Waals surface area contributed by atoms with Crippen LogP contribution in [0.2, 0.25) is 0 Å². The molecule has 0 N–H and O–H groups in total. The number of aromatic nitrogens is 3. The zero-order chi connectivity index (χ0) is 12.4. The van der Waals surface area contributed by atoms with E-state index in [0.29, 0.717) is 17.4 Å². The largest absolute Gasteiger partial charge is 0.249 e. The van der Waals surface area contributed by atoms with Crippen molar-refractivity contribution in [2.75, 3.05) is 0 Å². The number of halogens is 1. The minimum absolute atomic E-state index is 0.436. The van der Waals surface area contributed by atoms with E-state index in [9.17, 15) is 4.39 Å². The zero-order valence-corrected chi connectivity index (χ0v) is 10.1. The number of rotatable bonds is 2. The Morgan fingerprint density at radius 1 is 1.12 bits per heavy atom. The number of hydrogen-bond acceptors (Lipinski definition) is 3. The molecule has 0 unspecified atom stereocenters. The van der Waals surface area contributed by atoms with Gasteiger partial charge in [-0.3, -0.25) is 0 Å². The molecule has 0 fully saturated rings. The topological polar surface area (TPSA) is 38.7 Å². The van der Waals surface area contributed by atoms with Crippen LogP contribution in [0, 0.1) is 12.7 Å². The lowest BCUT2D eigenvalue weighted by atomic mass is 10.0. The van der Waals surface area contributed by atoms with E-state index in [1.807, 2.05) is 19.1 Å². The molecule has 0 saturated carbocycles. The monoisotopic (exact) mass is 231 g/mol. The summed E-state index contributed by atoms with van der Waals surface area (Å²) in [5, 5.41) is 0. The van der Waals surface area contributed by atoms with Crippen molar-refractivity contribution in [1.29, 1.82) is 0 Å². The summed E-state index contributed by atoms with van der Waals surface area (Å²) in [4.78, 5) is 12.3. The third kappa shape index (κ3) is 2.46. The second-order valence-electron chi connectivity index (χ2n) is 4.25. The maximum atomic E-state index is 12.7. The molecule has 0 aliphatic heterocycles. The van der Waals surface area contributed by atoms with E-state index in [4.69, 9.17) is 0 Å². The summed E-state index contributed by atoms with van der Waals surface area (Å²) in [5.74, 6) is 0.444. The lowest BCUT2D eigenvalue weighted by Gasteiger charge is -2.09. The fourth-order valence-electron chi connectivity index (χ4n) is 1.75. The van der Waals surface area contributed by atoms with Gasteiger partial charge in [-0.05, 0) is 24.5 Å². The van der Waals surface area contributed by atoms with Gasteiger partial charge in [0.2, 0.25) is 0 Å². The van der Waals surface area contributed by atoms with E-state index < -0.39 is 5.82 Å². The van der Waals surface area contributed by atoms with Crippen molar-refractivity contribution in [1.82, 2.24) is 15.0 Å². The highest BCUT2D eigenvalue weighted by Gasteiger charge is 2.08. The number of hydrogen-bond donors (Lipinski definition) is 0. The maximum Gasteiger partial charge on any atom is 0.178 e. The van der Waals surface area contributed by atoms with Crippen LogP contribution in [0.5, 0.6) is 0 Å². The van der Waals surface area contributed by atoms with Gasteiger partial charge < -0.3 is 0 Å². The predicted octanol–water partition coefficient (Wildman–Crippen LogP) is 3.11. The van der Waals surface area contributed by atoms with Gasteiger partial charge >= 0.3 is 0 Å². The van der Waals surface area contributed by atoms with Crippen molar-refractivity contribution in [3.63, 3.8) is 0 Å². The van der Waals surface area contributed by atoms with Crippen LogP contribution in [0.1, 0.15) is 31.0 Å². The van der Waals surface area contributed by atoms with Crippen molar-refractivity contribution in [3.8, 4) is 11.5 Å². The normalized spacial score (nSPS) is 10.9. The Morgan fingerprint density at radius 2 is 1.76 bits per heavy atom. The van der Waals surface area contributed by atoms with Gasteiger partial charge in [0.25, 0.3) is 0 Å². The summed E-state index contributed by atoms with van der Waals surface area (Å²) in [6.07, 6.45) is 2.30. The molecule has 3 nitrogen and oxygen atoms in total. The Hall–Kier alpha value is -1.84. The van der Waals surface area contributed by atoms with Gasteiger partial charge in [-0.1, -0.05) is 19.9 Å². The highest BCUT2D eigenvalue weighted by molar-refractivity contribution is 5.50. The average Bonchev–Trinajstić information content (AvgIpc) is 2.29. The smallest absolute Gasteiger partial charge is 0.178 e. The second-order valence-corrected chi connectivity index (χ2v) is 4.25. The molecule has 0 bridgehead atoms. The molecule has 2 aromatic rings. The van der Waals surface area contributed by atoms with Crippen LogP contribution in [-0.2, 0) is 0 Å². The molecule has 88 valence electrons. The van der Waals surface area contributed by atoms with Gasteiger partial charge in [-0.25, -0.2) is 19.3 Å². The molecule has 0 aliphatic rings. The standard InChI is InChI=1S/C13H14FN3/c1-8(2)11-4-5-12(17-9(11)3)13-15-6-10(14)7-16-13/h4-8H,1-3H3. The first-order valence-corrected chi connectivity index (χ1v) is 5.53. The lowest BCUT2D eigenvalue weighted by molar-refractivity contribution is 0.614. The molecule has 0 aromatic carbocycles. The third-order valence-corrected chi connectivity index (χ3v) is 2.60. The van der Waals surface area contributed by atoms with Gasteiger partial charge in [-0.15, -0.1) is 0 Å². The SMILES string of the molecule is Cc1nc(-c2ncc(F)cn2)ccc1C(C)C. The molecular formula is C13H14FN3. The van der Waals surface area contributed by atoms with Crippen LogP contribution in [0.4, 0.5) is 4.39 Å². The molecule has 0 amide bonds. The van der Waals surface area contributed by atoms with Crippen molar-refractivity contribution in [2.45, 2.75) is 26.7 Å². The third-order valence-electron chi connectivity index (χ3n) is 2.60. The molecule has 4 heteroatoms. The van der Waals surface area contributed by atoms with E-state index in [1.54, 1.807) is 0 Å². The summed E-state index contributed by atoms with van der Waals surface area (Å²) in [7, 11) is 0. The molecule has 0 radical (unpaired) electrons. The van der Waals surface area contributed by atoms with E-state index >= 15 is 0 Å². The average molecular weight is 231 g/mol. The van der Waals surface area contributed by atoms with Crippen LogP contribution in [-0.4, -0.2) is 15.0 Å². The summed E-state index contributed by atoms with van der Waals surface area (Å²) < 4.78 is 12.7. The number of pyridine rings is 1. The summed E-state index contributed by atoms with van der Waals surface area (Å²) in [5.41, 5.74) is 2.84. The molecule has 2 heterocycles. The molecule has 0 atom stereocenters. The van der Waals surface area contributed by atoms with Gasteiger partial charge in [0.15, 0.2) is 11.6 Å². The highest BCUT2D eigenvalue weighted by Crippen LogP contribution is 2.20. The van der Waals surface area contributed by atoms with Crippen LogP contribution in [0.15, 0.2) is 24.5 Å². The van der Waals surface area contributed by atoms with Gasteiger partial charge in [0.05, 0.1) is 12.4 Å². The van der Waals surface area contributed by atoms with E-state index in [1.165, 1.54) is 5.56 Å². The van der Waals surface area contributed by atoms with Crippen molar-refractivity contribution >= 4 is 0 Å². The van der Waals surface area contributed by atoms with Crippen LogP contribution in [0.25, 0.3) is 11.5 Å². The first-order chi connectivity index (χ1) is 8.08. The summed E-state index contributed by atoms with van der Waals surface area (Å²) in [6.45, 7) is 6.21. The quantitative estimate of drug-likeness (QED) is 0.797. The first kappa shape index (κ1) is 11.6. The van der Waals surface area contributed by atoms with Gasteiger partial charge in [-0.2, -0.15) is 0 Å². The van der Waals surface area contributed by atoms with Gasteiger partial charge in [0, 0.05) is 5.69 Å². The van der Waals surface area contributed by atoms with E-state index in [2.05, 4.69) is 28.8 Å². The number of nitrogens with zero attached hydrogens (tertiary/aromatic N) is 3. The lowest BCUT2D eigenvalue weighted by Crippen LogP contribution is -1.98. The van der Waals surface area contributed by atoms with Crippen molar-refractivity contribution in [3.05, 3.63) is 41.6 Å². The van der Waals surface area contributed by atoms with Crippen LogP contribution >= 0.6 is 0 Å². The Kier molecular flexibility index (Phi) is 3.13. The highest BCUT2D eigenvalue weighted by atomic mass is 19.1.